The highest BCUT2D eigenvalue weighted by Crippen LogP contribution is 2.37. The first-order chi connectivity index (χ1) is 8.81. The maximum absolute atomic E-state index is 7.00. The van der Waals surface area contributed by atoms with E-state index in [1.165, 1.54) is 38.5 Å². The molecule has 3 heteroatoms. The summed E-state index contributed by atoms with van der Waals surface area (Å²) in [5.74, 6) is 1.87. The van der Waals surface area contributed by atoms with Crippen LogP contribution in [0.2, 0.25) is 0 Å². The molecular formula is C15H24BO2. The lowest BCUT2D eigenvalue weighted by Crippen LogP contribution is -2.13. The third-order valence-electron chi connectivity index (χ3n) is 3.81. The summed E-state index contributed by atoms with van der Waals surface area (Å²) in [6.45, 7) is 2.31. The van der Waals surface area contributed by atoms with Gasteiger partial charge in [-0.15, -0.1) is 0 Å². The standard InChI is InChI=1S/C15H22.BH2O2/c1-2-6-13-9-11-15(12-10-13)14-7-4-3-5-8-14;2-1-3/h3-5,7-8,13,15H,2,6,9-12H2,1H3;2-3H. The van der Waals surface area contributed by atoms with Crippen LogP contribution in [0, 0.1) is 5.92 Å². The van der Waals surface area contributed by atoms with Gasteiger partial charge in [-0.1, -0.05) is 50.1 Å². The van der Waals surface area contributed by atoms with E-state index in [0.29, 0.717) is 0 Å². The predicted octanol–water partition coefficient (Wildman–Crippen LogP) is 3.27. The minimum absolute atomic E-state index is 0. The Morgan fingerprint density at radius 3 is 2.11 bits per heavy atom. The lowest BCUT2D eigenvalue weighted by Gasteiger charge is -2.28. The normalized spacial score (nSPS) is 22.8. The maximum Gasteiger partial charge on any atom is 0.482 e. The Balaban J connectivity index is 0.000000492. The summed E-state index contributed by atoms with van der Waals surface area (Å²) in [5, 5.41) is 14.0. The van der Waals surface area contributed by atoms with E-state index in [-0.39, 0.29) is 7.69 Å². The van der Waals surface area contributed by atoms with Crippen LogP contribution in [-0.4, -0.2) is 17.7 Å². The summed E-state index contributed by atoms with van der Waals surface area (Å²) in [4.78, 5) is 0. The quantitative estimate of drug-likeness (QED) is 0.805. The number of hydrogen-bond donors (Lipinski definition) is 2. The highest BCUT2D eigenvalue weighted by atomic mass is 16.4. The average molecular weight is 247 g/mol. The van der Waals surface area contributed by atoms with Crippen LogP contribution in [0.3, 0.4) is 0 Å². The van der Waals surface area contributed by atoms with E-state index in [1.807, 2.05) is 0 Å². The molecule has 1 aliphatic rings. The van der Waals surface area contributed by atoms with Gasteiger partial charge < -0.3 is 10.0 Å². The molecule has 1 aromatic carbocycles. The van der Waals surface area contributed by atoms with E-state index in [4.69, 9.17) is 10.0 Å². The van der Waals surface area contributed by atoms with Gasteiger partial charge >= 0.3 is 7.69 Å². The third kappa shape index (κ3) is 5.24. The van der Waals surface area contributed by atoms with Crippen LogP contribution in [0.15, 0.2) is 30.3 Å². The summed E-state index contributed by atoms with van der Waals surface area (Å²) >= 11 is 0. The molecule has 0 unspecified atom stereocenters. The second-order valence-corrected chi connectivity index (χ2v) is 5.03. The Hall–Kier alpha value is -0.795. The Bertz CT molecular complexity index is 295. The van der Waals surface area contributed by atoms with Gasteiger partial charge in [0.25, 0.3) is 0 Å². The number of rotatable bonds is 3. The fraction of sp³-hybridized carbons (Fsp3) is 0.600. The molecule has 0 bridgehead atoms. The third-order valence-corrected chi connectivity index (χ3v) is 3.81. The van der Waals surface area contributed by atoms with Gasteiger partial charge in [0.15, 0.2) is 0 Å². The van der Waals surface area contributed by atoms with Crippen LogP contribution < -0.4 is 0 Å². The molecule has 0 saturated heterocycles. The molecule has 2 N–H and O–H groups in total. The first kappa shape index (κ1) is 15.3. The van der Waals surface area contributed by atoms with Crippen LogP contribution >= 0.6 is 0 Å². The molecule has 99 valence electrons. The molecule has 1 radical (unpaired) electrons. The molecule has 1 aromatic rings. The van der Waals surface area contributed by atoms with Crippen LogP contribution in [0.5, 0.6) is 0 Å². The second kappa shape index (κ2) is 9.18. The van der Waals surface area contributed by atoms with Gasteiger partial charge in [0.1, 0.15) is 0 Å². The van der Waals surface area contributed by atoms with Gasteiger partial charge in [-0.3, -0.25) is 0 Å². The first-order valence-corrected chi connectivity index (χ1v) is 6.96. The monoisotopic (exact) mass is 247 g/mol. The number of benzene rings is 1. The maximum atomic E-state index is 7.00. The summed E-state index contributed by atoms with van der Waals surface area (Å²) in [6.07, 6.45) is 8.53. The van der Waals surface area contributed by atoms with E-state index >= 15 is 0 Å². The Morgan fingerprint density at radius 2 is 1.61 bits per heavy atom. The predicted molar refractivity (Wildman–Crippen MR) is 76.2 cm³/mol. The summed E-state index contributed by atoms with van der Waals surface area (Å²) < 4.78 is 0. The summed E-state index contributed by atoms with van der Waals surface area (Å²) in [5.41, 5.74) is 1.56. The zero-order valence-corrected chi connectivity index (χ0v) is 11.3. The van der Waals surface area contributed by atoms with E-state index in [2.05, 4.69) is 37.3 Å². The van der Waals surface area contributed by atoms with Crippen molar-refractivity contribution in [2.45, 2.75) is 51.4 Å². The van der Waals surface area contributed by atoms with Crippen LogP contribution in [0.1, 0.15) is 56.9 Å². The Labute approximate surface area is 111 Å². The molecule has 1 aliphatic carbocycles. The largest absolute Gasteiger partial charge is 0.482 e. The van der Waals surface area contributed by atoms with Crippen molar-refractivity contribution in [1.29, 1.82) is 0 Å². The first-order valence-electron chi connectivity index (χ1n) is 6.96. The lowest BCUT2D eigenvalue weighted by atomic mass is 9.77. The van der Waals surface area contributed by atoms with Crippen LogP contribution in [0.4, 0.5) is 0 Å². The van der Waals surface area contributed by atoms with Gasteiger partial charge in [0, 0.05) is 0 Å². The fourth-order valence-corrected chi connectivity index (χ4v) is 2.92. The van der Waals surface area contributed by atoms with Gasteiger partial charge in [-0.25, -0.2) is 0 Å². The zero-order valence-electron chi connectivity index (χ0n) is 11.3. The van der Waals surface area contributed by atoms with Gasteiger partial charge in [-0.2, -0.15) is 0 Å². The molecule has 0 spiro atoms. The van der Waals surface area contributed by atoms with Crippen LogP contribution in [-0.2, 0) is 0 Å². The van der Waals surface area contributed by atoms with Gasteiger partial charge in [0.2, 0.25) is 0 Å². The van der Waals surface area contributed by atoms with E-state index in [0.717, 1.165) is 11.8 Å². The van der Waals surface area contributed by atoms with Crippen molar-refractivity contribution in [3.63, 3.8) is 0 Å². The molecule has 0 heterocycles. The van der Waals surface area contributed by atoms with Crippen LogP contribution in [0.25, 0.3) is 0 Å². The highest BCUT2D eigenvalue weighted by molar-refractivity contribution is 6.13. The minimum atomic E-state index is 0. The Morgan fingerprint density at radius 1 is 1.06 bits per heavy atom. The molecule has 0 aliphatic heterocycles. The van der Waals surface area contributed by atoms with Crippen molar-refractivity contribution in [3.05, 3.63) is 35.9 Å². The zero-order chi connectivity index (χ0) is 13.2. The van der Waals surface area contributed by atoms with Crippen molar-refractivity contribution in [2.24, 2.45) is 5.92 Å². The molecule has 0 atom stereocenters. The molecule has 1 fully saturated rings. The van der Waals surface area contributed by atoms with E-state index < -0.39 is 0 Å². The van der Waals surface area contributed by atoms with E-state index in [9.17, 15) is 0 Å². The second-order valence-electron chi connectivity index (χ2n) is 5.03. The topological polar surface area (TPSA) is 40.5 Å². The summed E-state index contributed by atoms with van der Waals surface area (Å²) in [7, 11) is 0. The van der Waals surface area contributed by atoms with Gasteiger partial charge in [0.05, 0.1) is 0 Å². The number of hydrogen-bond acceptors (Lipinski definition) is 2. The van der Waals surface area contributed by atoms with E-state index in [1.54, 1.807) is 5.56 Å². The van der Waals surface area contributed by atoms with Crippen molar-refractivity contribution in [2.75, 3.05) is 0 Å². The lowest BCUT2D eigenvalue weighted by molar-refractivity contribution is 0.308. The van der Waals surface area contributed by atoms with Crippen molar-refractivity contribution >= 4 is 7.69 Å². The molecule has 1 saturated carbocycles. The van der Waals surface area contributed by atoms with Gasteiger partial charge in [-0.05, 0) is 43.1 Å². The smallest absolute Gasteiger partial charge is 0.429 e. The molecule has 18 heavy (non-hydrogen) atoms. The Kier molecular flexibility index (Phi) is 7.78. The van der Waals surface area contributed by atoms with Crippen molar-refractivity contribution < 1.29 is 10.0 Å². The summed E-state index contributed by atoms with van der Waals surface area (Å²) in [6, 6.07) is 11.1. The van der Waals surface area contributed by atoms with Crippen molar-refractivity contribution in [3.8, 4) is 0 Å². The SMILES string of the molecule is CCCC1CCC(c2ccccc2)CC1.O[B]O. The molecule has 0 aromatic heterocycles. The minimum Gasteiger partial charge on any atom is -0.429 e. The average Bonchev–Trinajstić information content (AvgIpc) is 2.42. The highest BCUT2D eigenvalue weighted by Gasteiger charge is 2.21. The molecular weight excluding hydrogens is 223 g/mol. The molecule has 0 amide bonds. The van der Waals surface area contributed by atoms with Crippen molar-refractivity contribution in [1.82, 2.24) is 0 Å². The molecule has 2 nitrogen and oxygen atoms in total. The molecule has 2 rings (SSSR count). The fourth-order valence-electron chi connectivity index (χ4n) is 2.92.